The summed E-state index contributed by atoms with van der Waals surface area (Å²) in [7, 11) is 1.31. The molecule has 0 saturated heterocycles. The minimum atomic E-state index is 1.05. The van der Waals surface area contributed by atoms with Crippen LogP contribution >= 0.6 is 0 Å². The van der Waals surface area contributed by atoms with Crippen molar-refractivity contribution < 1.29 is 0 Å². The molecule has 0 spiro atoms. The van der Waals surface area contributed by atoms with Gasteiger partial charge in [0, 0.05) is 11.1 Å². The molecule has 16 heavy (non-hydrogen) atoms. The third kappa shape index (κ3) is 4.16. The van der Waals surface area contributed by atoms with Crippen molar-refractivity contribution in [1.29, 1.82) is 0 Å². The molecule has 0 N–H and O–H groups in total. The summed E-state index contributed by atoms with van der Waals surface area (Å²) in [5, 5.41) is 0. The zero-order chi connectivity index (χ0) is 11.6. The summed E-state index contributed by atoms with van der Waals surface area (Å²) >= 11 is 0. The first-order valence-corrected chi connectivity index (χ1v) is 7.57. The van der Waals surface area contributed by atoms with Gasteiger partial charge in [-0.1, -0.05) is 54.8 Å². The average molecular weight is 224 g/mol. The van der Waals surface area contributed by atoms with E-state index >= 15 is 0 Å². The van der Waals surface area contributed by atoms with Crippen LogP contribution in [0.2, 0.25) is 6.55 Å². The predicted molar refractivity (Wildman–Crippen MR) is 74.7 cm³/mol. The van der Waals surface area contributed by atoms with Crippen molar-refractivity contribution in [1.82, 2.24) is 0 Å². The summed E-state index contributed by atoms with van der Waals surface area (Å²) in [6.07, 6.45) is 0. The second-order valence-corrected chi connectivity index (χ2v) is 2.98. The van der Waals surface area contributed by atoms with Crippen LogP contribution in [0.25, 0.3) is 0 Å². The SMILES string of the molecule is C(#Cc1ccccc1)c1ccccc1.C[SiH3]. The van der Waals surface area contributed by atoms with Crippen LogP contribution in [0, 0.1) is 11.8 Å². The normalized spacial score (nSPS) is 8.31. The van der Waals surface area contributed by atoms with Gasteiger partial charge in [0.1, 0.15) is 0 Å². The molecular weight excluding hydrogens is 208 g/mol. The summed E-state index contributed by atoms with van der Waals surface area (Å²) in [6, 6.07) is 20.0. The molecule has 1 heteroatoms. The van der Waals surface area contributed by atoms with Gasteiger partial charge in [-0.05, 0) is 34.5 Å². The van der Waals surface area contributed by atoms with Crippen LogP contribution in [-0.2, 0) is 0 Å². The van der Waals surface area contributed by atoms with Gasteiger partial charge in [0.25, 0.3) is 0 Å². The highest BCUT2D eigenvalue weighted by molar-refractivity contribution is 6.05. The van der Waals surface area contributed by atoms with Crippen molar-refractivity contribution in [3.05, 3.63) is 71.8 Å². The third-order valence-corrected chi connectivity index (χ3v) is 1.90. The maximum Gasteiger partial charge on any atom is 0.0249 e. The molecule has 0 aromatic heterocycles. The Balaban J connectivity index is 0.000000606. The highest BCUT2D eigenvalue weighted by Crippen LogP contribution is 1.98. The smallest absolute Gasteiger partial charge is 0.0249 e. The molecular formula is C15H16Si. The van der Waals surface area contributed by atoms with Crippen LogP contribution < -0.4 is 0 Å². The fourth-order valence-corrected chi connectivity index (χ4v) is 1.19. The number of benzene rings is 2. The Labute approximate surface area is 101 Å². The molecule has 2 rings (SSSR count). The van der Waals surface area contributed by atoms with E-state index in [9.17, 15) is 0 Å². The molecule has 0 heterocycles. The van der Waals surface area contributed by atoms with Crippen LogP contribution in [0.3, 0.4) is 0 Å². The molecule has 0 aliphatic rings. The van der Waals surface area contributed by atoms with E-state index < -0.39 is 0 Å². The minimum absolute atomic E-state index is 1.05. The van der Waals surface area contributed by atoms with Gasteiger partial charge < -0.3 is 0 Å². The van der Waals surface area contributed by atoms with Crippen LogP contribution in [0.1, 0.15) is 11.1 Å². The fraction of sp³-hybridized carbons (Fsp3) is 0.0667. The van der Waals surface area contributed by atoms with Crippen molar-refractivity contribution in [2.24, 2.45) is 0 Å². The Kier molecular flexibility index (Phi) is 5.76. The van der Waals surface area contributed by atoms with E-state index in [1.807, 2.05) is 60.7 Å². The highest BCUT2D eigenvalue weighted by Gasteiger charge is 1.83. The minimum Gasteiger partial charge on any atom is -0.0777 e. The molecule has 0 amide bonds. The van der Waals surface area contributed by atoms with E-state index in [1.54, 1.807) is 0 Å². The van der Waals surface area contributed by atoms with Crippen LogP contribution in [-0.4, -0.2) is 10.2 Å². The summed E-state index contributed by atoms with van der Waals surface area (Å²) < 4.78 is 0. The topological polar surface area (TPSA) is 0 Å². The first-order valence-electron chi connectivity index (χ1n) is 5.57. The zero-order valence-corrected chi connectivity index (χ0v) is 11.8. The molecule has 0 aliphatic heterocycles. The molecule has 0 bridgehead atoms. The maximum absolute atomic E-state index is 3.11. The van der Waals surface area contributed by atoms with Gasteiger partial charge in [-0.15, -0.1) is 0 Å². The molecule has 0 radical (unpaired) electrons. The molecule has 0 atom stereocenters. The Morgan fingerprint density at radius 1 is 0.625 bits per heavy atom. The first kappa shape index (κ1) is 12.3. The highest BCUT2D eigenvalue weighted by atomic mass is 28.1. The van der Waals surface area contributed by atoms with Gasteiger partial charge in [0.05, 0.1) is 0 Å². The quantitative estimate of drug-likeness (QED) is 0.476. The van der Waals surface area contributed by atoms with E-state index in [1.165, 1.54) is 10.2 Å². The zero-order valence-electron chi connectivity index (χ0n) is 9.77. The molecule has 2 aromatic rings. The van der Waals surface area contributed by atoms with E-state index in [0.717, 1.165) is 11.1 Å². The second kappa shape index (κ2) is 7.50. The van der Waals surface area contributed by atoms with E-state index in [2.05, 4.69) is 18.4 Å². The Bertz CT molecular complexity index is 406. The fourth-order valence-electron chi connectivity index (χ4n) is 1.19. The third-order valence-electron chi connectivity index (χ3n) is 1.90. The lowest BCUT2D eigenvalue weighted by atomic mass is 10.2. The predicted octanol–water partition coefficient (Wildman–Crippen LogP) is 2.49. The lowest BCUT2D eigenvalue weighted by Crippen LogP contribution is -1.73. The largest absolute Gasteiger partial charge is 0.0777 e. The van der Waals surface area contributed by atoms with Crippen molar-refractivity contribution in [2.75, 3.05) is 0 Å². The van der Waals surface area contributed by atoms with Crippen molar-refractivity contribution in [3.63, 3.8) is 0 Å². The molecule has 0 unspecified atom stereocenters. The molecule has 0 aliphatic carbocycles. The summed E-state index contributed by atoms with van der Waals surface area (Å²) in [6.45, 7) is 2.14. The molecule has 80 valence electrons. The van der Waals surface area contributed by atoms with Gasteiger partial charge in [-0.2, -0.15) is 0 Å². The van der Waals surface area contributed by atoms with E-state index in [0.29, 0.717) is 0 Å². The number of hydrogen-bond donors (Lipinski definition) is 0. The molecule has 0 saturated carbocycles. The van der Waals surface area contributed by atoms with Gasteiger partial charge in [0.2, 0.25) is 0 Å². The van der Waals surface area contributed by atoms with Crippen LogP contribution in [0.4, 0.5) is 0 Å². The first-order chi connectivity index (χ1) is 7.95. The Hall–Kier alpha value is -1.78. The second-order valence-electron chi connectivity index (χ2n) is 2.98. The Morgan fingerprint density at radius 3 is 1.25 bits per heavy atom. The van der Waals surface area contributed by atoms with Crippen molar-refractivity contribution >= 4 is 10.2 Å². The molecule has 0 nitrogen and oxygen atoms in total. The van der Waals surface area contributed by atoms with E-state index in [4.69, 9.17) is 0 Å². The van der Waals surface area contributed by atoms with Crippen molar-refractivity contribution in [3.8, 4) is 11.8 Å². The van der Waals surface area contributed by atoms with Gasteiger partial charge in [-0.25, -0.2) is 0 Å². The number of hydrogen-bond acceptors (Lipinski definition) is 0. The maximum atomic E-state index is 3.11. The lowest BCUT2D eigenvalue weighted by molar-refractivity contribution is 1.62. The van der Waals surface area contributed by atoms with E-state index in [-0.39, 0.29) is 0 Å². The monoisotopic (exact) mass is 224 g/mol. The standard InChI is InChI=1S/C14H10.CH6Si/c1-3-7-13(8-4-1)11-12-14-9-5-2-6-10-14;1-2/h1-10H;1-2H3. The summed E-state index contributed by atoms with van der Waals surface area (Å²) in [4.78, 5) is 0. The Morgan fingerprint density at radius 2 is 0.938 bits per heavy atom. The average Bonchev–Trinajstić information content (AvgIpc) is 2.41. The van der Waals surface area contributed by atoms with Crippen LogP contribution in [0.15, 0.2) is 60.7 Å². The lowest BCUT2D eigenvalue weighted by Gasteiger charge is -1.88. The summed E-state index contributed by atoms with van der Waals surface area (Å²) in [5.74, 6) is 6.22. The molecule has 2 aromatic carbocycles. The van der Waals surface area contributed by atoms with Gasteiger partial charge in [0.15, 0.2) is 0 Å². The number of rotatable bonds is 0. The van der Waals surface area contributed by atoms with Gasteiger partial charge in [-0.3, -0.25) is 0 Å². The summed E-state index contributed by atoms with van der Waals surface area (Å²) in [5.41, 5.74) is 2.10. The molecule has 0 fully saturated rings. The van der Waals surface area contributed by atoms with Crippen LogP contribution in [0.5, 0.6) is 0 Å². The van der Waals surface area contributed by atoms with Crippen molar-refractivity contribution in [2.45, 2.75) is 6.55 Å². The van der Waals surface area contributed by atoms with Gasteiger partial charge >= 0.3 is 0 Å².